The molecule has 0 aromatic heterocycles. The molecule has 0 aliphatic heterocycles. The lowest BCUT2D eigenvalue weighted by molar-refractivity contribution is -0.155. The molecule has 0 saturated carbocycles. The van der Waals surface area contributed by atoms with Crippen molar-refractivity contribution in [2.45, 2.75) is 25.9 Å². The number of carbonyl (C=O) groups excluding carboxylic acids is 2. The molecule has 1 aliphatic carbocycles. The van der Waals surface area contributed by atoms with Crippen LogP contribution >= 0.6 is 34.8 Å². The Kier molecular flexibility index (Phi) is 6.17. The van der Waals surface area contributed by atoms with Crippen LogP contribution < -0.4 is 5.73 Å². The van der Waals surface area contributed by atoms with Crippen LogP contribution in [0.2, 0.25) is 0 Å². The van der Waals surface area contributed by atoms with Gasteiger partial charge in [0, 0.05) is 0 Å². The van der Waals surface area contributed by atoms with E-state index in [4.69, 9.17) is 45.3 Å². The van der Waals surface area contributed by atoms with Crippen LogP contribution in [0.25, 0.3) is 0 Å². The Morgan fingerprint density at radius 1 is 1.21 bits per heavy atom. The lowest BCUT2D eigenvalue weighted by Crippen LogP contribution is -2.37. The van der Waals surface area contributed by atoms with Crippen molar-refractivity contribution in [2.75, 3.05) is 0 Å². The highest BCUT2D eigenvalue weighted by Gasteiger charge is 2.34. The first-order valence-corrected chi connectivity index (χ1v) is 6.83. The summed E-state index contributed by atoms with van der Waals surface area (Å²) in [6, 6.07) is 0. The number of hydrogen-bond acceptors (Lipinski definition) is 3. The smallest absolute Gasteiger partial charge is 0.310 e. The van der Waals surface area contributed by atoms with Gasteiger partial charge in [0.25, 0.3) is 0 Å². The molecule has 19 heavy (non-hydrogen) atoms. The van der Waals surface area contributed by atoms with Gasteiger partial charge < -0.3 is 10.5 Å². The van der Waals surface area contributed by atoms with Gasteiger partial charge in [-0.25, -0.2) is 0 Å². The van der Waals surface area contributed by atoms with Crippen LogP contribution in [0.15, 0.2) is 21.7 Å². The van der Waals surface area contributed by atoms with E-state index in [1.54, 1.807) is 6.92 Å². The van der Waals surface area contributed by atoms with Gasteiger partial charge >= 0.3 is 5.97 Å². The van der Waals surface area contributed by atoms with E-state index >= 15 is 0 Å². The average Bonchev–Trinajstić information content (AvgIpc) is 2.37. The summed E-state index contributed by atoms with van der Waals surface area (Å²) >= 11 is 16.8. The number of allylic oxidation sites excluding steroid dienone is 2. The zero-order valence-electron chi connectivity index (χ0n) is 10.2. The van der Waals surface area contributed by atoms with Crippen molar-refractivity contribution in [1.82, 2.24) is 0 Å². The van der Waals surface area contributed by atoms with E-state index in [1.807, 2.05) is 12.2 Å². The lowest BCUT2D eigenvalue weighted by atomic mass is 9.82. The van der Waals surface area contributed by atoms with Crippen molar-refractivity contribution in [3.63, 3.8) is 0 Å². The highest BCUT2D eigenvalue weighted by Crippen LogP contribution is 2.29. The van der Waals surface area contributed by atoms with Gasteiger partial charge in [0.05, 0.1) is 16.9 Å². The van der Waals surface area contributed by atoms with Gasteiger partial charge in [0.1, 0.15) is 10.6 Å². The first-order chi connectivity index (χ1) is 8.84. The summed E-state index contributed by atoms with van der Waals surface area (Å²) in [5.74, 6) is -2.20. The molecule has 7 heteroatoms. The van der Waals surface area contributed by atoms with Gasteiger partial charge in [-0.3, -0.25) is 9.59 Å². The fourth-order valence-corrected chi connectivity index (χ4v) is 2.21. The van der Waals surface area contributed by atoms with Crippen LogP contribution in [0.5, 0.6) is 0 Å². The van der Waals surface area contributed by atoms with E-state index in [9.17, 15) is 9.59 Å². The first-order valence-electron chi connectivity index (χ1n) is 5.70. The Balaban J connectivity index is 2.74. The molecule has 3 atom stereocenters. The maximum absolute atomic E-state index is 12.0. The zero-order chi connectivity index (χ0) is 14.6. The Morgan fingerprint density at radius 2 is 1.74 bits per heavy atom. The number of primary amides is 1. The number of amides is 1. The highest BCUT2D eigenvalue weighted by atomic mass is 35.5. The van der Waals surface area contributed by atoms with Crippen molar-refractivity contribution in [3.05, 3.63) is 21.7 Å². The summed E-state index contributed by atoms with van der Waals surface area (Å²) in [5.41, 5.74) is 5.28. The molecule has 0 bridgehead atoms. The molecule has 0 heterocycles. The number of carbonyl (C=O) groups is 2. The standard InChI is InChI=1S/C12H14Cl3NO3/c1-6(9(13)10(14)15)19-12(18)8-5-3-2-4-7(8)11(16)17/h2-3,6-8H,4-5H2,1H3,(H2,16,17)/t6-,7+,8+/m0/s1. The third-order valence-electron chi connectivity index (χ3n) is 2.93. The van der Waals surface area contributed by atoms with E-state index in [0.717, 1.165) is 0 Å². The van der Waals surface area contributed by atoms with Gasteiger partial charge in [-0.05, 0) is 19.8 Å². The van der Waals surface area contributed by atoms with Crippen LogP contribution in [0.3, 0.4) is 0 Å². The van der Waals surface area contributed by atoms with Crippen LogP contribution in [0.1, 0.15) is 19.8 Å². The predicted molar refractivity (Wildman–Crippen MR) is 74.7 cm³/mol. The van der Waals surface area contributed by atoms with Crippen LogP contribution in [0, 0.1) is 11.8 Å². The molecule has 0 aromatic rings. The third kappa shape index (κ3) is 4.41. The molecule has 1 amide bonds. The molecule has 1 aliphatic rings. The van der Waals surface area contributed by atoms with Crippen LogP contribution in [0.4, 0.5) is 0 Å². The minimum atomic E-state index is -0.765. The van der Waals surface area contributed by atoms with Crippen molar-refractivity contribution in [3.8, 4) is 0 Å². The van der Waals surface area contributed by atoms with E-state index < -0.39 is 29.8 Å². The minimum Gasteiger partial charge on any atom is -0.457 e. The normalized spacial score (nSPS) is 23.6. The van der Waals surface area contributed by atoms with Crippen molar-refractivity contribution < 1.29 is 14.3 Å². The molecule has 0 aromatic carbocycles. The molecule has 1 rings (SSSR count). The van der Waals surface area contributed by atoms with E-state index in [2.05, 4.69) is 0 Å². The maximum atomic E-state index is 12.0. The summed E-state index contributed by atoms with van der Waals surface area (Å²) in [4.78, 5) is 23.3. The number of ether oxygens (including phenoxy) is 1. The van der Waals surface area contributed by atoms with Gasteiger partial charge in [-0.1, -0.05) is 47.0 Å². The summed E-state index contributed by atoms with van der Waals surface area (Å²) in [6.07, 6.45) is 3.73. The fourth-order valence-electron chi connectivity index (χ4n) is 1.86. The summed E-state index contributed by atoms with van der Waals surface area (Å²) in [7, 11) is 0. The molecule has 0 radical (unpaired) electrons. The minimum absolute atomic E-state index is 0.0404. The second-order valence-electron chi connectivity index (χ2n) is 4.25. The number of hydrogen-bond donors (Lipinski definition) is 1. The van der Waals surface area contributed by atoms with Crippen molar-refractivity contribution in [2.24, 2.45) is 17.6 Å². The van der Waals surface area contributed by atoms with Crippen molar-refractivity contribution in [1.29, 1.82) is 0 Å². The topological polar surface area (TPSA) is 69.4 Å². The van der Waals surface area contributed by atoms with E-state index in [0.29, 0.717) is 12.8 Å². The molecule has 0 spiro atoms. The van der Waals surface area contributed by atoms with Crippen LogP contribution in [-0.4, -0.2) is 18.0 Å². The Labute approximate surface area is 126 Å². The molecule has 0 fully saturated rings. The van der Waals surface area contributed by atoms with Gasteiger partial charge in [-0.15, -0.1) is 0 Å². The molecule has 4 nitrogen and oxygen atoms in total. The fraction of sp³-hybridized carbons (Fsp3) is 0.500. The second kappa shape index (κ2) is 7.17. The Bertz CT molecular complexity index is 430. The molecule has 2 N–H and O–H groups in total. The van der Waals surface area contributed by atoms with Gasteiger partial charge in [0.15, 0.2) is 0 Å². The average molecular weight is 327 g/mol. The largest absolute Gasteiger partial charge is 0.457 e. The molecular weight excluding hydrogens is 312 g/mol. The van der Waals surface area contributed by atoms with Gasteiger partial charge in [0.2, 0.25) is 5.91 Å². The zero-order valence-corrected chi connectivity index (χ0v) is 12.5. The number of esters is 1. The summed E-state index contributed by atoms with van der Waals surface area (Å²) < 4.78 is 5.00. The SMILES string of the molecule is C[C@H](OC(=O)[C@@H]1CC=CC[C@H]1C(N)=O)C(Cl)=C(Cl)Cl. The maximum Gasteiger partial charge on any atom is 0.310 e. The van der Waals surface area contributed by atoms with Crippen molar-refractivity contribution >= 4 is 46.7 Å². The van der Waals surface area contributed by atoms with E-state index in [-0.39, 0.29) is 9.52 Å². The predicted octanol–water partition coefficient (Wildman–Crippen LogP) is 2.87. The molecule has 0 unspecified atom stereocenters. The first kappa shape index (κ1) is 16.3. The Morgan fingerprint density at radius 3 is 2.21 bits per heavy atom. The monoisotopic (exact) mass is 325 g/mol. The molecular formula is C12H14Cl3NO3. The van der Waals surface area contributed by atoms with Crippen LogP contribution in [-0.2, 0) is 14.3 Å². The number of halogens is 3. The number of rotatable bonds is 4. The quantitative estimate of drug-likeness (QED) is 0.638. The third-order valence-corrected chi connectivity index (χ3v) is 4.03. The Hall–Kier alpha value is -0.710. The van der Waals surface area contributed by atoms with E-state index in [1.165, 1.54) is 0 Å². The highest BCUT2D eigenvalue weighted by molar-refractivity contribution is 6.59. The second-order valence-corrected chi connectivity index (χ2v) is 5.60. The lowest BCUT2D eigenvalue weighted by Gasteiger charge is -2.25. The summed E-state index contributed by atoms with van der Waals surface area (Å²) in [5, 5.41) is 0.0404. The van der Waals surface area contributed by atoms with Gasteiger partial charge in [-0.2, -0.15) is 0 Å². The molecule has 106 valence electrons. The number of nitrogens with two attached hydrogens (primary N) is 1. The molecule has 0 saturated heterocycles. The summed E-state index contributed by atoms with van der Waals surface area (Å²) in [6.45, 7) is 1.54.